The average molecular weight is 346 g/mol. The lowest BCUT2D eigenvalue weighted by atomic mass is 10.2. The van der Waals surface area contributed by atoms with Crippen LogP contribution in [0.3, 0.4) is 0 Å². The van der Waals surface area contributed by atoms with Crippen molar-refractivity contribution in [3.63, 3.8) is 0 Å². The van der Waals surface area contributed by atoms with E-state index in [1.54, 1.807) is 22.4 Å². The summed E-state index contributed by atoms with van der Waals surface area (Å²) in [5, 5.41) is 8.30. The Kier molecular flexibility index (Phi) is 4.37. The maximum Gasteiger partial charge on any atom is 0.261 e. The summed E-state index contributed by atoms with van der Waals surface area (Å²) in [6, 6.07) is 2.08. The average Bonchev–Trinajstić information content (AvgIpc) is 3.34. The number of nitrogens with zero attached hydrogens (tertiary/aromatic N) is 6. The van der Waals surface area contributed by atoms with Gasteiger partial charge in [-0.05, 0) is 24.0 Å². The predicted octanol–water partition coefficient (Wildman–Crippen LogP) is 1.54. The van der Waals surface area contributed by atoms with Crippen molar-refractivity contribution in [2.45, 2.75) is 12.5 Å². The maximum absolute atomic E-state index is 5.63. The lowest BCUT2D eigenvalue weighted by Crippen LogP contribution is -2.41. The number of hydrogen-bond donors (Lipinski definition) is 0. The van der Waals surface area contributed by atoms with Gasteiger partial charge in [-0.1, -0.05) is 5.16 Å². The standard InChI is InChI=1S/C15H18N6O2S/c1-20-9-11(8-16-20)15-18-14(19-23-15)13-10-22-7-6-21(13)5-3-12-2-4-17-24-12/h2,4,8-9,13H,3,5-7,10H2,1H3. The molecule has 0 N–H and O–H groups in total. The second kappa shape index (κ2) is 6.80. The molecule has 0 spiro atoms. The molecule has 1 aliphatic heterocycles. The smallest absolute Gasteiger partial charge is 0.261 e. The molecule has 0 aromatic carbocycles. The van der Waals surface area contributed by atoms with Crippen LogP contribution in [0.15, 0.2) is 29.2 Å². The van der Waals surface area contributed by atoms with E-state index >= 15 is 0 Å². The van der Waals surface area contributed by atoms with Crippen LogP contribution in [-0.4, -0.2) is 55.5 Å². The number of hydrogen-bond acceptors (Lipinski definition) is 8. The van der Waals surface area contributed by atoms with Gasteiger partial charge in [0.2, 0.25) is 0 Å². The van der Waals surface area contributed by atoms with Crippen LogP contribution in [0.4, 0.5) is 0 Å². The molecule has 1 saturated heterocycles. The molecule has 0 amide bonds. The Morgan fingerprint density at radius 2 is 2.38 bits per heavy atom. The van der Waals surface area contributed by atoms with Crippen molar-refractivity contribution in [3.05, 3.63) is 35.4 Å². The van der Waals surface area contributed by atoms with Gasteiger partial charge in [0.25, 0.3) is 5.89 Å². The van der Waals surface area contributed by atoms with Gasteiger partial charge in [0.15, 0.2) is 5.82 Å². The minimum atomic E-state index is 0.0147. The Morgan fingerprint density at radius 1 is 1.42 bits per heavy atom. The molecule has 126 valence electrons. The number of ether oxygens (including phenoxy) is 1. The Hall–Kier alpha value is -2.10. The molecule has 4 heterocycles. The van der Waals surface area contributed by atoms with E-state index in [1.807, 2.05) is 19.4 Å². The number of rotatable bonds is 5. The molecule has 3 aromatic rings. The molecule has 1 unspecified atom stereocenters. The maximum atomic E-state index is 5.63. The summed E-state index contributed by atoms with van der Waals surface area (Å²) in [5.41, 5.74) is 0.823. The van der Waals surface area contributed by atoms with E-state index in [0.717, 1.165) is 31.7 Å². The van der Waals surface area contributed by atoms with E-state index < -0.39 is 0 Å². The zero-order chi connectivity index (χ0) is 16.4. The molecule has 24 heavy (non-hydrogen) atoms. The Bertz CT molecular complexity index is 784. The Balaban J connectivity index is 1.49. The summed E-state index contributed by atoms with van der Waals surface area (Å²) in [5.74, 6) is 1.16. The van der Waals surface area contributed by atoms with Gasteiger partial charge < -0.3 is 9.26 Å². The molecular weight excluding hydrogens is 328 g/mol. The first-order chi connectivity index (χ1) is 11.8. The topological polar surface area (TPSA) is 82.1 Å². The van der Waals surface area contributed by atoms with Crippen LogP contribution in [-0.2, 0) is 18.2 Å². The first-order valence-electron chi connectivity index (χ1n) is 7.83. The minimum Gasteiger partial charge on any atom is -0.378 e. The van der Waals surface area contributed by atoms with Crippen molar-refractivity contribution in [1.82, 2.24) is 29.2 Å². The minimum absolute atomic E-state index is 0.0147. The molecule has 8 nitrogen and oxygen atoms in total. The Labute approximate surface area is 143 Å². The van der Waals surface area contributed by atoms with Crippen molar-refractivity contribution >= 4 is 11.5 Å². The van der Waals surface area contributed by atoms with Gasteiger partial charge in [-0.15, -0.1) is 0 Å². The first-order valence-corrected chi connectivity index (χ1v) is 8.61. The molecule has 4 rings (SSSR count). The van der Waals surface area contributed by atoms with Gasteiger partial charge in [-0.25, -0.2) is 4.37 Å². The van der Waals surface area contributed by atoms with Crippen molar-refractivity contribution < 1.29 is 9.26 Å². The lowest BCUT2D eigenvalue weighted by Gasteiger charge is -2.33. The quantitative estimate of drug-likeness (QED) is 0.693. The molecule has 0 bridgehead atoms. The zero-order valence-electron chi connectivity index (χ0n) is 13.3. The summed E-state index contributed by atoms with van der Waals surface area (Å²) in [7, 11) is 1.86. The third-order valence-corrected chi connectivity index (χ3v) is 4.87. The fourth-order valence-corrected chi connectivity index (χ4v) is 3.35. The number of aryl methyl sites for hydroxylation is 1. The normalized spacial score (nSPS) is 19.0. The van der Waals surface area contributed by atoms with E-state index in [9.17, 15) is 0 Å². The molecular formula is C15H18N6O2S. The van der Waals surface area contributed by atoms with Gasteiger partial charge in [0.05, 0.1) is 31.0 Å². The van der Waals surface area contributed by atoms with Crippen LogP contribution in [0.25, 0.3) is 11.5 Å². The summed E-state index contributed by atoms with van der Waals surface area (Å²) < 4.78 is 16.9. The highest BCUT2D eigenvalue weighted by Gasteiger charge is 2.29. The molecule has 0 saturated carbocycles. The zero-order valence-corrected chi connectivity index (χ0v) is 14.1. The van der Waals surface area contributed by atoms with Crippen molar-refractivity contribution in [2.24, 2.45) is 7.05 Å². The molecule has 1 aliphatic rings. The number of aromatic nitrogens is 5. The van der Waals surface area contributed by atoms with Crippen LogP contribution < -0.4 is 0 Å². The molecule has 1 atom stereocenters. The van der Waals surface area contributed by atoms with Crippen LogP contribution in [0.5, 0.6) is 0 Å². The van der Waals surface area contributed by atoms with Crippen molar-refractivity contribution in [1.29, 1.82) is 0 Å². The van der Waals surface area contributed by atoms with Gasteiger partial charge in [-0.3, -0.25) is 9.58 Å². The highest BCUT2D eigenvalue weighted by molar-refractivity contribution is 7.05. The first kappa shape index (κ1) is 15.4. The van der Waals surface area contributed by atoms with E-state index in [2.05, 4.69) is 30.6 Å². The van der Waals surface area contributed by atoms with E-state index in [-0.39, 0.29) is 6.04 Å². The van der Waals surface area contributed by atoms with Gasteiger partial charge >= 0.3 is 0 Å². The lowest BCUT2D eigenvalue weighted by molar-refractivity contribution is -0.0117. The largest absolute Gasteiger partial charge is 0.378 e. The molecule has 1 fully saturated rings. The van der Waals surface area contributed by atoms with E-state index in [1.165, 1.54) is 4.88 Å². The van der Waals surface area contributed by atoms with Crippen LogP contribution in [0.2, 0.25) is 0 Å². The van der Waals surface area contributed by atoms with Gasteiger partial charge in [0, 0.05) is 37.4 Å². The molecule has 9 heteroatoms. The fourth-order valence-electron chi connectivity index (χ4n) is 2.79. The monoisotopic (exact) mass is 346 g/mol. The Morgan fingerprint density at radius 3 is 3.17 bits per heavy atom. The second-order valence-electron chi connectivity index (χ2n) is 5.72. The summed E-state index contributed by atoms with van der Waals surface area (Å²) in [4.78, 5) is 8.18. The van der Waals surface area contributed by atoms with E-state index in [4.69, 9.17) is 9.26 Å². The van der Waals surface area contributed by atoms with E-state index in [0.29, 0.717) is 18.3 Å². The molecule has 3 aromatic heterocycles. The fraction of sp³-hybridized carbons (Fsp3) is 0.467. The van der Waals surface area contributed by atoms with Crippen LogP contribution in [0, 0.1) is 0 Å². The second-order valence-corrected chi connectivity index (χ2v) is 6.63. The molecule has 0 aliphatic carbocycles. The van der Waals surface area contributed by atoms with Crippen molar-refractivity contribution in [2.75, 3.05) is 26.3 Å². The summed E-state index contributed by atoms with van der Waals surface area (Å²) in [6.07, 6.45) is 6.39. The third kappa shape index (κ3) is 3.23. The SMILES string of the molecule is Cn1cc(-c2nc(C3COCCN3CCc3ccns3)no2)cn1. The van der Waals surface area contributed by atoms with Crippen LogP contribution in [0.1, 0.15) is 16.7 Å². The predicted molar refractivity (Wildman–Crippen MR) is 87.5 cm³/mol. The number of morpholine rings is 1. The summed E-state index contributed by atoms with van der Waals surface area (Å²) in [6.45, 7) is 3.09. The highest BCUT2D eigenvalue weighted by atomic mass is 32.1. The van der Waals surface area contributed by atoms with Crippen molar-refractivity contribution in [3.8, 4) is 11.5 Å². The molecule has 0 radical (unpaired) electrons. The van der Waals surface area contributed by atoms with Gasteiger partial charge in [0.1, 0.15) is 0 Å². The third-order valence-electron chi connectivity index (χ3n) is 4.07. The highest BCUT2D eigenvalue weighted by Crippen LogP contribution is 2.25. The van der Waals surface area contributed by atoms with Crippen LogP contribution >= 0.6 is 11.5 Å². The summed E-state index contributed by atoms with van der Waals surface area (Å²) >= 11 is 1.55. The van der Waals surface area contributed by atoms with Gasteiger partial charge in [-0.2, -0.15) is 10.1 Å².